The highest BCUT2D eigenvalue weighted by atomic mass is 32.2. The van der Waals surface area contributed by atoms with Gasteiger partial charge in [0.05, 0.1) is 11.7 Å². The molecule has 0 aliphatic heterocycles. The lowest BCUT2D eigenvalue weighted by Crippen LogP contribution is -2.39. The maximum atomic E-state index is 11.6. The van der Waals surface area contributed by atoms with Crippen LogP contribution in [0.25, 0.3) is 0 Å². The van der Waals surface area contributed by atoms with Gasteiger partial charge in [-0.1, -0.05) is 20.8 Å². The molecule has 0 aromatic carbocycles. The van der Waals surface area contributed by atoms with Crippen LogP contribution in [0.2, 0.25) is 0 Å². The highest BCUT2D eigenvalue weighted by molar-refractivity contribution is 7.92. The van der Waals surface area contributed by atoms with Crippen molar-refractivity contribution in [3.05, 3.63) is 0 Å². The molecular formula is C11H21NO5S. The summed E-state index contributed by atoms with van der Waals surface area (Å²) in [4.78, 5) is 22.1. The Hall–Kier alpha value is -1.11. The van der Waals surface area contributed by atoms with Gasteiger partial charge in [-0.15, -0.1) is 0 Å². The first-order valence-corrected chi connectivity index (χ1v) is 7.76. The monoisotopic (exact) mass is 279 g/mol. The average Bonchev–Trinajstić information content (AvgIpc) is 2.24. The smallest absolute Gasteiger partial charge is 0.307 e. The third-order valence-electron chi connectivity index (χ3n) is 2.63. The molecule has 0 spiro atoms. The molecule has 1 atom stereocenters. The van der Waals surface area contributed by atoms with Crippen LogP contribution >= 0.6 is 0 Å². The lowest BCUT2D eigenvalue weighted by Gasteiger charge is -2.15. The summed E-state index contributed by atoms with van der Waals surface area (Å²) in [5.74, 6) is -3.92. The molecule has 0 heterocycles. The third-order valence-corrected chi connectivity index (χ3v) is 4.34. The van der Waals surface area contributed by atoms with E-state index in [1.807, 2.05) is 13.8 Å². The molecule has 0 fully saturated rings. The summed E-state index contributed by atoms with van der Waals surface area (Å²) in [6.45, 7) is 5.10. The van der Waals surface area contributed by atoms with E-state index in [1.54, 1.807) is 0 Å². The van der Waals surface area contributed by atoms with Gasteiger partial charge in [0.2, 0.25) is 5.91 Å². The minimum Gasteiger partial charge on any atom is -0.481 e. The number of nitrogens with one attached hydrogen (secondary N) is 1. The molecule has 18 heavy (non-hydrogen) atoms. The summed E-state index contributed by atoms with van der Waals surface area (Å²) in [5, 5.41) is 11.2. The van der Waals surface area contributed by atoms with Crippen LogP contribution in [0.1, 0.15) is 33.6 Å². The number of carboxylic acid groups (broad SMARTS) is 1. The molecule has 0 aliphatic carbocycles. The van der Waals surface area contributed by atoms with Gasteiger partial charge in [0.15, 0.2) is 9.84 Å². The summed E-state index contributed by atoms with van der Waals surface area (Å²) in [6.07, 6.45) is 1.46. The lowest BCUT2D eigenvalue weighted by molar-refractivity contribution is -0.140. The van der Waals surface area contributed by atoms with E-state index in [-0.39, 0.29) is 6.04 Å². The second-order valence-electron chi connectivity index (χ2n) is 4.37. The van der Waals surface area contributed by atoms with E-state index in [9.17, 15) is 18.0 Å². The maximum absolute atomic E-state index is 11.6. The van der Waals surface area contributed by atoms with Crippen molar-refractivity contribution >= 4 is 21.7 Å². The van der Waals surface area contributed by atoms with Crippen LogP contribution < -0.4 is 5.32 Å². The number of rotatable bonds is 8. The SMILES string of the molecule is CCC(CC)NC(=O)CS(=O)(=O)CC(C)C(=O)O. The fourth-order valence-corrected chi connectivity index (χ4v) is 2.98. The van der Waals surface area contributed by atoms with Crippen LogP contribution in [-0.2, 0) is 19.4 Å². The molecule has 0 aliphatic rings. The average molecular weight is 279 g/mol. The maximum Gasteiger partial charge on any atom is 0.307 e. The molecule has 0 rings (SSSR count). The van der Waals surface area contributed by atoms with Crippen LogP contribution in [-0.4, -0.2) is 42.9 Å². The number of carbonyl (C=O) groups is 2. The molecule has 0 aromatic rings. The van der Waals surface area contributed by atoms with E-state index >= 15 is 0 Å². The lowest BCUT2D eigenvalue weighted by atomic mass is 10.2. The molecule has 7 heteroatoms. The second-order valence-corrected chi connectivity index (χ2v) is 6.48. The van der Waals surface area contributed by atoms with Gasteiger partial charge in [-0.2, -0.15) is 0 Å². The van der Waals surface area contributed by atoms with Gasteiger partial charge in [-0.05, 0) is 12.8 Å². The highest BCUT2D eigenvalue weighted by Gasteiger charge is 2.24. The molecular weight excluding hydrogens is 258 g/mol. The van der Waals surface area contributed by atoms with Gasteiger partial charge in [0.1, 0.15) is 5.75 Å². The standard InChI is InChI=1S/C11H21NO5S/c1-4-9(5-2)12-10(13)7-18(16,17)6-8(3)11(14)15/h8-9H,4-7H2,1-3H3,(H,12,13)(H,14,15). The Morgan fingerprint density at radius 2 is 1.72 bits per heavy atom. The first-order chi connectivity index (χ1) is 8.21. The van der Waals surface area contributed by atoms with Crippen LogP contribution in [0.3, 0.4) is 0 Å². The predicted octanol–water partition coefficient (Wildman–Crippen LogP) is 0.427. The van der Waals surface area contributed by atoms with Crippen molar-refractivity contribution in [2.45, 2.75) is 39.7 Å². The molecule has 1 unspecified atom stereocenters. The largest absolute Gasteiger partial charge is 0.481 e. The molecule has 106 valence electrons. The summed E-state index contributed by atoms with van der Waals surface area (Å²) in [5.41, 5.74) is 0. The molecule has 1 amide bonds. The van der Waals surface area contributed by atoms with Gasteiger partial charge in [0.25, 0.3) is 0 Å². The molecule has 2 N–H and O–H groups in total. The van der Waals surface area contributed by atoms with Gasteiger partial charge in [0, 0.05) is 6.04 Å². The van der Waals surface area contributed by atoms with Gasteiger partial charge in [-0.3, -0.25) is 9.59 Å². The van der Waals surface area contributed by atoms with Crippen LogP contribution in [0.5, 0.6) is 0 Å². The number of amides is 1. The minimum absolute atomic E-state index is 0.0374. The minimum atomic E-state index is -3.68. The van der Waals surface area contributed by atoms with Gasteiger partial charge >= 0.3 is 5.97 Å². The van der Waals surface area contributed by atoms with Crippen LogP contribution in [0.4, 0.5) is 0 Å². The fraction of sp³-hybridized carbons (Fsp3) is 0.818. The Kier molecular flexibility index (Phi) is 6.90. The third kappa shape index (κ3) is 6.58. The number of carboxylic acids is 1. The van der Waals surface area contributed by atoms with Crippen molar-refractivity contribution in [1.82, 2.24) is 5.32 Å². The molecule has 0 bridgehead atoms. The van der Waals surface area contributed by atoms with Crippen molar-refractivity contribution in [3.63, 3.8) is 0 Å². The van der Waals surface area contributed by atoms with Gasteiger partial charge < -0.3 is 10.4 Å². The fourth-order valence-electron chi connectivity index (χ4n) is 1.47. The van der Waals surface area contributed by atoms with Crippen molar-refractivity contribution in [3.8, 4) is 0 Å². The Bertz CT molecular complexity index is 386. The second kappa shape index (κ2) is 7.35. The number of sulfone groups is 1. The first-order valence-electron chi connectivity index (χ1n) is 5.94. The normalized spacial score (nSPS) is 13.3. The predicted molar refractivity (Wildman–Crippen MR) is 68.0 cm³/mol. The Balaban J connectivity index is 4.41. The van der Waals surface area contributed by atoms with E-state index in [2.05, 4.69) is 5.32 Å². The number of aliphatic carboxylic acids is 1. The quantitative estimate of drug-likeness (QED) is 0.671. The Morgan fingerprint density at radius 1 is 1.22 bits per heavy atom. The summed E-state index contributed by atoms with van der Waals surface area (Å²) >= 11 is 0. The van der Waals surface area contributed by atoms with Crippen molar-refractivity contribution in [2.24, 2.45) is 5.92 Å². The molecule has 0 saturated carbocycles. The Morgan fingerprint density at radius 3 is 2.11 bits per heavy atom. The molecule has 0 aromatic heterocycles. The summed E-state index contributed by atoms with van der Waals surface area (Å²) in [6, 6.07) is -0.0374. The summed E-state index contributed by atoms with van der Waals surface area (Å²) < 4.78 is 23.2. The highest BCUT2D eigenvalue weighted by Crippen LogP contribution is 2.03. The zero-order chi connectivity index (χ0) is 14.3. The zero-order valence-electron chi connectivity index (χ0n) is 11.0. The summed E-state index contributed by atoms with van der Waals surface area (Å²) in [7, 11) is -3.68. The first kappa shape index (κ1) is 16.9. The molecule has 6 nitrogen and oxygen atoms in total. The molecule has 0 radical (unpaired) electrons. The molecule has 0 saturated heterocycles. The number of hydrogen-bond donors (Lipinski definition) is 2. The van der Waals surface area contributed by atoms with E-state index in [0.29, 0.717) is 0 Å². The zero-order valence-corrected chi connectivity index (χ0v) is 11.8. The number of carbonyl (C=O) groups excluding carboxylic acids is 1. The van der Waals surface area contributed by atoms with Crippen LogP contribution in [0.15, 0.2) is 0 Å². The van der Waals surface area contributed by atoms with Crippen molar-refractivity contribution in [2.75, 3.05) is 11.5 Å². The van der Waals surface area contributed by atoms with Crippen molar-refractivity contribution in [1.29, 1.82) is 0 Å². The van der Waals surface area contributed by atoms with Crippen molar-refractivity contribution < 1.29 is 23.1 Å². The van der Waals surface area contributed by atoms with E-state index in [4.69, 9.17) is 5.11 Å². The topological polar surface area (TPSA) is 101 Å². The Labute approximate surface area is 108 Å². The van der Waals surface area contributed by atoms with Gasteiger partial charge in [-0.25, -0.2) is 8.42 Å². The number of hydrogen-bond acceptors (Lipinski definition) is 4. The van der Waals surface area contributed by atoms with E-state index < -0.39 is 39.1 Å². The van der Waals surface area contributed by atoms with E-state index in [1.165, 1.54) is 6.92 Å². The van der Waals surface area contributed by atoms with Crippen LogP contribution in [0, 0.1) is 5.92 Å². The van der Waals surface area contributed by atoms with E-state index in [0.717, 1.165) is 12.8 Å².